The minimum Gasteiger partial charge on any atom is -0.378 e. The molecule has 20 heavy (non-hydrogen) atoms. The van der Waals surface area contributed by atoms with Gasteiger partial charge in [0.1, 0.15) is 0 Å². The highest BCUT2D eigenvalue weighted by Crippen LogP contribution is 2.22. The van der Waals surface area contributed by atoms with Gasteiger partial charge in [-0.15, -0.1) is 0 Å². The van der Waals surface area contributed by atoms with Gasteiger partial charge >= 0.3 is 0 Å². The van der Waals surface area contributed by atoms with Crippen molar-refractivity contribution in [3.8, 4) is 0 Å². The lowest BCUT2D eigenvalue weighted by molar-refractivity contribution is 0.731. The number of benzene rings is 1. The van der Waals surface area contributed by atoms with E-state index in [1.807, 2.05) is 31.0 Å². The van der Waals surface area contributed by atoms with E-state index in [4.69, 9.17) is 0 Å². The van der Waals surface area contributed by atoms with Crippen molar-refractivity contribution in [2.45, 2.75) is 20.4 Å². The predicted molar refractivity (Wildman–Crippen MR) is 81.8 cm³/mol. The standard InChI is InChI=1S/C16H18N4/c1-11-16(12(2)20(3)19-11)18-10-14-6-4-5-13-9-17-8-7-15(13)14/h4-9,18H,10H2,1-3H3. The molecule has 0 bridgehead atoms. The van der Waals surface area contributed by atoms with Crippen LogP contribution in [0.15, 0.2) is 36.7 Å². The summed E-state index contributed by atoms with van der Waals surface area (Å²) < 4.78 is 1.91. The van der Waals surface area contributed by atoms with Crippen molar-refractivity contribution in [3.05, 3.63) is 53.6 Å². The topological polar surface area (TPSA) is 42.7 Å². The van der Waals surface area contributed by atoms with Crippen LogP contribution < -0.4 is 5.32 Å². The van der Waals surface area contributed by atoms with Crippen LogP contribution in [0.25, 0.3) is 10.8 Å². The Kier molecular flexibility index (Phi) is 3.14. The molecule has 4 heteroatoms. The molecule has 0 aliphatic heterocycles. The number of aromatic nitrogens is 3. The molecule has 2 aromatic heterocycles. The number of rotatable bonds is 3. The van der Waals surface area contributed by atoms with Gasteiger partial charge in [-0.25, -0.2) is 0 Å². The van der Waals surface area contributed by atoms with Crippen molar-refractivity contribution in [2.75, 3.05) is 5.32 Å². The van der Waals surface area contributed by atoms with Gasteiger partial charge in [-0.2, -0.15) is 5.10 Å². The summed E-state index contributed by atoms with van der Waals surface area (Å²) in [6, 6.07) is 8.38. The first-order valence-corrected chi connectivity index (χ1v) is 6.72. The van der Waals surface area contributed by atoms with E-state index in [2.05, 4.69) is 46.6 Å². The zero-order valence-corrected chi connectivity index (χ0v) is 12.0. The Balaban J connectivity index is 1.91. The summed E-state index contributed by atoms with van der Waals surface area (Å²) in [5, 5.41) is 10.4. The number of hydrogen-bond acceptors (Lipinski definition) is 3. The maximum absolute atomic E-state index is 4.43. The Labute approximate surface area is 118 Å². The third-order valence-corrected chi connectivity index (χ3v) is 3.74. The van der Waals surface area contributed by atoms with E-state index in [1.54, 1.807) is 0 Å². The van der Waals surface area contributed by atoms with Gasteiger partial charge in [0, 0.05) is 31.4 Å². The number of pyridine rings is 1. The van der Waals surface area contributed by atoms with Crippen LogP contribution in [0.1, 0.15) is 17.0 Å². The summed E-state index contributed by atoms with van der Waals surface area (Å²) in [4.78, 5) is 4.17. The average Bonchev–Trinajstić information content (AvgIpc) is 2.70. The van der Waals surface area contributed by atoms with E-state index in [0.717, 1.165) is 23.6 Å². The number of nitrogens with zero attached hydrogens (tertiary/aromatic N) is 3. The highest BCUT2D eigenvalue weighted by atomic mass is 15.3. The molecular weight excluding hydrogens is 248 g/mol. The maximum atomic E-state index is 4.43. The normalized spacial score (nSPS) is 10.9. The van der Waals surface area contributed by atoms with Crippen LogP contribution in [0.5, 0.6) is 0 Å². The monoisotopic (exact) mass is 266 g/mol. The molecule has 1 N–H and O–H groups in total. The molecule has 0 unspecified atom stereocenters. The second-order valence-corrected chi connectivity index (χ2v) is 5.04. The molecule has 4 nitrogen and oxygen atoms in total. The molecular formula is C16H18N4. The number of nitrogens with one attached hydrogen (secondary N) is 1. The second-order valence-electron chi connectivity index (χ2n) is 5.04. The van der Waals surface area contributed by atoms with Crippen LogP contribution in [0.4, 0.5) is 5.69 Å². The maximum Gasteiger partial charge on any atom is 0.0827 e. The fourth-order valence-corrected chi connectivity index (χ4v) is 2.56. The van der Waals surface area contributed by atoms with E-state index in [0.29, 0.717) is 0 Å². The van der Waals surface area contributed by atoms with Crippen molar-refractivity contribution in [3.63, 3.8) is 0 Å². The van der Waals surface area contributed by atoms with E-state index in [9.17, 15) is 0 Å². The van der Waals surface area contributed by atoms with Gasteiger partial charge in [-0.05, 0) is 30.9 Å². The zero-order valence-electron chi connectivity index (χ0n) is 12.0. The SMILES string of the molecule is Cc1nn(C)c(C)c1NCc1cccc2cnccc12. The van der Waals surface area contributed by atoms with E-state index < -0.39 is 0 Å². The highest BCUT2D eigenvalue weighted by molar-refractivity contribution is 5.85. The second kappa shape index (κ2) is 4.96. The molecule has 0 atom stereocenters. The van der Waals surface area contributed by atoms with Gasteiger partial charge in [0.25, 0.3) is 0 Å². The van der Waals surface area contributed by atoms with Crippen LogP contribution in [-0.2, 0) is 13.6 Å². The Morgan fingerprint density at radius 1 is 1.20 bits per heavy atom. The summed E-state index contributed by atoms with van der Waals surface area (Å²) in [5.74, 6) is 0. The Morgan fingerprint density at radius 3 is 2.80 bits per heavy atom. The molecule has 0 fully saturated rings. The van der Waals surface area contributed by atoms with Crippen molar-refractivity contribution in [2.24, 2.45) is 7.05 Å². The minimum absolute atomic E-state index is 0.786. The summed E-state index contributed by atoms with van der Waals surface area (Å²) in [5.41, 5.74) is 4.59. The van der Waals surface area contributed by atoms with Gasteiger partial charge in [-0.1, -0.05) is 18.2 Å². The van der Waals surface area contributed by atoms with E-state index in [1.165, 1.54) is 16.3 Å². The van der Waals surface area contributed by atoms with Gasteiger partial charge in [0.2, 0.25) is 0 Å². The summed E-state index contributed by atoms with van der Waals surface area (Å²) in [6.07, 6.45) is 3.74. The number of aryl methyl sites for hydroxylation is 2. The van der Waals surface area contributed by atoms with Crippen LogP contribution in [0.3, 0.4) is 0 Å². The molecule has 1 aromatic carbocycles. The molecule has 0 spiro atoms. The average molecular weight is 266 g/mol. The third-order valence-electron chi connectivity index (χ3n) is 3.74. The molecule has 0 saturated carbocycles. The van der Waals surface area contributed by atoms with Crippen LogP contribution >= 0.6 is 0 Å². The summed E-state index contributed by atoms with van der Waals surface area (Å²) in [7, 11) is 1.97. The minimum atomic E-state index is 0.786. The van der Waals surface area contributed by atoms with Crippen LogP contribution in [-0.4, -0.2) is 14.8 Å². The number of hydrogen-bond donors (Lipinski definition) is 1. The molecule has 0 radical (unpaired) electrons. The lowest BCUT2D eigenvalue weighted by Crippen LogP contribution is -2.02. The summed E-state index contributed by atoms with van der Waals surface area (Å²) in [6.45, 7) is 4.90. The van der Waals surface area contributed by atoms with Crippen molar-refractivity contribution < 1.29 is 0 Å². The molecule has 0 amide bonds. The fourth-order valence-electron chi connectivity index (χ4n) is 2.56. The lowest BCUT2D eigenvalue weighted by Gasteiger charge is -2.09. The Morgan fingerprint density at radius 2 is 2.05 bits per heavy atom. The first kappa shape index (κ1) is 12.7. The Hall–Kier alpha value is -2.36. The molecule has 102 valence electrons. The predicted octanol–water partition coefficient (Wildman–Crippen LogP) is 3.20. The molecule has 0 aliphatic rings. The van der Waals surface area contributed by atoms with Gasteiger partial charge in [0.15, 0.2) is 0 Å². The third kappa shape index (κ3) is 2.13. The van der Waals surface area contributed by atoms with Gasteiger partial charge in [-0.3, -0.25) is 9.67 Å². The Bertz CT molecular complexity index is 753. The molecule has 3 aromatic rings. The smallest absolute Gasteiger partial charge is 0.0827 e. The molecule has 0 saturated heterocycles. The molecule has 0 aliphatic carbocycles. The lowest BCUT2D eigenvalue weighted by atomic mass is 10.1. The van der Waals surface area contributed by atoms with Gasteiger partial charge < -0.3 is 5.32 Å². The van der Waals surface area contributed by atoms with Crippen LogP contribution in [0, 0.1) is 13.8 Å². The number of fused-ring (bicyclic) bond motifs is 1. The highest BCUT2D eigenvalue weighted by Gasteiger charge is 2.09. The van der Waals surface area contributed by atoms with Crippen molar-refractivity contribution in [1.82, 2.24) is 14.8 Å². The molecule has 3 rings (SSSR count). The van der Waals surface area contributed by atoms with Gasteiger partial charge in [0.05, 0.1) is 17.1 Å². The summed E-state index contributed by atoms with van der Waals surface area (Å²) >= 11 is 0. The quantitative estimate of drug-likeness (QED) is 0.791. The fraction of sp³-hybridized carbons (Fsp3) is 0.250. The van der Waals surface area contributed by atoms with Crippen molar-refractivity contribution >= 4 is 16.5 Å². The number of anilines is 1. The van der Waals surface area contributed by atoms with Crippen molar-refractivity contribution in [1.29, 1.82) is 0 Å². The van der Waals surface area contributed by atoms with E-state index >= 15 is 0 Å². The van der Waals surface area contributed by atoms with Crippen LogP contribution in [0.2, 0.25) is 0 Å². The first-order valence-electron chi connectivity index (χ1n) is 6.72. The first-order chi connectivity index (χ1) is 9.66. The zero-order chi connectivity index (χ0) is 14.1. The largest absolute Gasteiger partial charge is 0.378 e. The molecule has 2 heterocycles. The van der Waals surface area contributed by atoms with E-state index in [-0.39, 0.29) is 0 Å².